The standard InChI is InChI=1S/C23H34O5/c1-4-5-21(25)28-20-11-14(2)10-16-7-6-15(3)19(23(16)20)9-8-18-12-17(24)13-22(26)27-18/h6-7,10,14-15,17-20,23-24H,4-5,8-9,11-13H2,1-3H3/t14-,15-,17+,18+,19-,20-,23-/m0/s1. The molecule has 1 aliphatic heterocycles. The number of cyclic esters (lactones) is 1. The maximum absolute atomic E-state index is 12.2. The first-order valence-electron chi connectivity index (χ1n) is 10.8. The molecule has 2 aliphatic carbocycles. The minimum absolute atomic E-state index is 0.0917. The predicted molar refractivity (Wildman–Crippen MR) is 106 cm³/mol. The Morgan fingerprint density at radius 2 is 2.07 bits per heavy atom. The number of carbonyl (C=O) groups excluding carboxylic acids is 2. The van der Waals surface area contributed by atoms with Gasteiger partial charge in [0, 0.05) is 18.8 Å². The van der Waals surface area contributed by atoms with Crippen molar-refractivity contribution in [3.63, 3.8) is 0 Å². The quantitative estimate of drug-likeness (QED) is 0.695. The van der Waals surface area contributed by atoms with Crippen LogP contribution in [0.5, 0.6) is 0 Å². The minimum atomic E-state index is -0.594. The zero-order chi connectivity index (χ0) is 20.3. The molecular formula is C23H34O5. The molecule has 3 rings (SSSR count). The zero-order valence-corrected chi connectivity index (χ0v) is 17.3. The van der Waals surface area contributed by atoms with Gasteiger partial charge in [0.2, 0.25) is 0 Å². The topological polar surface area (TPSA) is 72.8 Å². The van der Waals surface area contributed by atoms with Crippen molar-refractivity contribution in [2.24, 2.45) is 23.7 Å². The van der Waals surface area contributed by atoms with Crippen molar-refractivity contribution >= 4 is 11.9 Å². The van der Waals surface area contributed by atoms with E-state index in [9.17, 15) is 14.7 Å². The molecule has 156 valence electrons. The average Bonchev–Trinajstić information content (AvgIpc) is 2.60. The fourth-order valence-corrected chi connectivity index (χ4v) is 5.07. The van der Waals surface area contributed by atoms with Gasteiger partial charge in [-0.1, -0.05) is 39.0 Å². The highest BCUT2D eigenvalue weighted by molar-refractivity contribution is 5.71. The molecule has 5 nitrogen and oxygen atoms in total. The summed E-state index contributed by atoms with van der Waals surface area (Å²) in [6.07, 6.45) is 10.2. The molecule has 5 heteroatoms. The highest BCUT2D eigenvalue weighted by atomic mass is 16.5. The van der Waals surface area contributed by atoms with E-state index in [1.165, 1.54) is 5.57 Å². The number of aliphatic hydroxyl groups excluding tert-OH is 1. The highest BCUT2D eigenvalue weighted by Crippen LogP contribution is 2.45. The van der Waals surface area contributed by atoms with Crippen LogP contribution in [0.3, 0.4) is 0 Å². The lowest BCUT2D eigenvalue weighted by atomic mass is 9.65. The van der Waals surface area contributed by atoms with Crippen LogP contribution in [0, 0.1) is 23.7 Å². The van der Waals surface area contributed by atoms with Crippen molar-refractivity contribution in [1.29, 1.82) is 0 Å². The molecule has 0 aromatic rings. The number of carbonyl (C=O) groups is 2. The van der Waals surface area contributed by atoms with E-state index in [1.807, 2.05) is 6.92 Å². The summed E-state index contributed by atoms with van der Waals surface area (Å²) in [4.78, 5) is 23.9. The summed E-state index contributed by atoms with van der Waals surface area (Å²) >= 11 is 0. The summed E-state index contributed by atoms with van der Waals surface area (Å²) in [6.45, 7) is 6.38. The van der Waals surface area contributed by atoms with Crippen LogP contribution >= 0.6 is 0 Å². The molecule has 7 atom stereocenters. The number of fused-ring (bicyclic) bond motifs is 1. The second-order valence-corrected chi connectivity index (χ2v) is 8.85. The van der Waals surface area contributed by atoms with E-state index in [2.05, 4.69) is 32.1 Å². The number of hydrogen-bond acceptors (Lipinski definition) is 5. The first-order chi connectivity index (χ1) is 13.4. The SMILES string of the molecule is CCCC(=O)O[C@H]1C[C@@H](C)C=C2C=C[C@H](C)[C@H](CC[C@@H]3C[C@@H](O)CC(=O)O3)[C@H]21. The molecule has 0 amide bonds. The van der Waals surface area contributed by atoms with E-state index in [1.54, 1.807) is 0 Å². The zero-order valence-electron chi connectivity index (χ0n) is 17.3. The van der Waals surface area contributed by atoms with E-state index < -0.39 is 6.10 Å². The predicted octanol–water partition coefficient (Wildman–Crippen LogP) is 3.95. The summed E-state index contributed by atoms with van der Waals surface area (Å²) in [5.74, 6) is 0.873. The van der Waals surface area contributed by atoms with Crippen LogP contribution in [0.15, 0.2) is 23.8 Å². The van der Waals surface area contributed by atoms with Crippen LogP contribution in [0.4, 0.5) is 0 Å². The van der Waals surface area contributed by atoms with Gasteiger partial charge in [-0.25, -0.2) is 0 Å². The van der Waals surface area contributed by atoms with Crippen molar-refractivity contribution in [3.8, 4) is 0 Å². The first-order valence-corrected chi connectivity index (χ1v) is 10.8. The highest BCUT2D eigenvalue weighted by Gasteiger charge is 2.41. The Morgan fingerprint density at radius 1 is 1.29 bits per heavy atom. The normalized spacial score (nSPS) is 37.6. The molecule has 1 heterocycles. The van der Waals surface area contributed by atoms with Gasteiger partial charge in [0.25, 0.3) is 0 Å². The molecule has 1 N–H and O–H groups in total. The second-order valence-electron chi connectivity index (χ2n) is 8.85. The smallest absolute Gasteiger partial charge is 0.308 e. The number of rotatable bonds is 6. The lowest BCUT2D eigenvalue weighted by Crippen LogP contribution is -2.41. The molecular weight excluding hydrogens is 356 g/mol. The van der Waals surface area contributed by atoms with Crippen molar-refractivity contribution in [1.82, 2.24) is 0 Å². The maximum atomic E-state index is 12.2. The van der Waals surface area contributed by atoms with Crippen LogP contribution in [-0.4, -0.2) is 35.4 Å². The number of allylic oxidation sites excluding steroid dienone is 3. The molecule has 1 saturated heterocycles. The minimum Gasteiger partial charge on any atom is -0.462 e. The van der Waals surface area contributed by atoms with Gasteiger partial charge >= 0.3 is 11.9 Å². The van der Waals surface area contributed by atoms with Crippen LogP contribution in [0.25, 0.3) is 0 Å². The molecule has 0 saturated carbocycles. The average molecular weight is 391 g/mol. The van der Waals surface area contributed by atoms with E-state index in [0.717, 1.165) is 25.7 Å². The number of esters is 2. The fourth-order valence-electron chi connectivity index (χ4n) is 5.07. The summed E-state index contributed by atoms with van der Waals surface area (Å²) in [5, 5.41) is 9.87. The Labute approximate surface area is 168 Å². The van der Waals surface area contributed by atoms with Crippen molar-refractivity contribution in [2.75, 3.05) is 0 Å². The lowest BCUT2D eigenvalue weighted by Gasteiger charge is -2.43. The maximum Gasteiger partial charge on any atom is 0.308 e. The third kappa shape index (κ3) is 5.05. The Morgan fingerprint density at radius 3 is 2.79 bits per heavy atom. The Balaban J connectivity index is 1.72. The third-order valence-electron chi connectivity index (χ3n) is 6.39. The van der Waals surface area contributed by atoms with E-state index in [4.69, 9.17) is 9.47 Å². The van der Waals surface area contributed by atoms with Crippen LogP contribution in [-0.2, 0) is 19.1 Å². The van der Waals surface area contributed by atoms with Crippen molar-refractivity contribution in [2.45, 2.75) is 84.0 Å². The molecule has 0 unspecified atom stereocenters. The molecule has 28 heavy (non-hydrogen) atoms. The molecule has 1 fully saturated rings. The Bertz CT molecular complexity index is 637. The van der Waals surface area contributed by atoms with E-state index in [0.29, 0.717) is 30.6 Å². The van der Waals surface area contributed by atoms with Gasteiger partial charge in [0.05, 0.1) is 12.5 Å². The molecule has 3 aliphatic rings. The van der Waals surface area contributed by atoms with Crippen LogP contribution in [0.2, 0.25) is 0 Å². The Kier molecular flexibility index (Phi) is 6.97. The van der Waals surface area contributed by atoms with Crippen LogP contribution in [0.1, 0.15) is 65.7 Å². The van der Waals surface area contributed by atoms with E-state index in [-0.39, 0.29) is 36.5 Å². The first kappa shape index (κ1) is 21.1. The van der Waals surface area contributed by atoms with Gasteiger partial charge in [-0.3, -0.25) is 9.59 Å². The monoisotopic (exact) mass is 390 g/mol. The van der Waals surface area contributed by atoms with Gasteiger partial charge in [-0.05, 0) is 49.0 Å². The second kappa shape index (κ2) is 9.25. The number of hydrogen-bond donors (Lipinski definition) is 1. The van der Waals surface area contributed by atoms with Gasteiger partial charge in [0.1, 0.15) is 12.2 Å². The number of ether oxygens (including phenoxy) is 2. The summed E-state index contributed by atoms with van der Waals surface area (Å²) in [6, 6.07) is 0. The fraction of sp³-hybridized carbons (Fsp3) is 0.739. The van der Waals surface area contributed by atoms with Gasteiger partial charge < -0.3 is 14.6 Å². The molecule has 0 radical (unpaired) electrons. The molecule has 0 bridgehead atoms. The van der Waals surface area contributed by atoms with Gasteiger partial charge in [-0.15, -0.1) is 0 Å². The molecule has 0 aromatic heterocycles. The molecule has 0 aromatic carbocycles. The third-order valence-corrected chi connectivity index (χ3v) is 6.39. The van der Waals surface area contributed by atoms with Crippen molar-refractivity contribution < 1.29 is 24.2 Å². The molecule has 0 spiro atoms. The van der Waals surface area contributed by atoms with Gasteiger partial charge in [-0.2, -0.15) is 0 Å². The summed E-state index contributed by atoms with van der Waals surface area (Å²) in [7, 11) is 0. The van der Waals surface area contributed by atoms with Gasteiger partial charge in [0.15, 0.2) is 0 Å². The van der Waals surface area contributed by atoms with Crippen molar-refractivity contribution in [3.05, 3.63) is 23.8 Å². The summed E-state index contributed by atoms with van der Waals surface area (Å²) < 4.78 is 11.4. The number of aliphatic hydroxyl groups is 1. The largest absolute Gasteiger partial charge is 0.462 e. The van der Waals surface area contributed by atoms with E-state index >= 15 is 0 Å². The summed E-state index contributed by atoms with van der Waals surface area (Å²) in [5.41, 5.74) is 1.27. The Hall–Kier alpha value is -1.62. The lowest BCUT2D eigenvalue weighted by molar-refractivity contribution is -0.161. The van der Waals surface area contributed by atoms with Crippen LogP contribution < -0.4 is 0 Å².